The molecule has 1 amide bonds. The number of thiazole rings is 1. The van der Waals surface area contributed by atoms with Gasteiger partial charge in [0.2, 0.25) is 5.91 Å². The first-order valence-corrected chi connectivity index (χ1v) is 10.1. The maximum Gasteiger partial charge on any atom is 0.246 e. The number of ketones is 1. The van der Waals surface area contributed by atoms with Crippen molar-refractivity contribution in [2.24, 2.45) is 0 Å². The van der Waals surface area contributed by atoms with E-state index in [-0.39, 0.29) is 11.7 Å². The molecule has 0 radical (unpaired) electrons. The Morgan fingerprint density at radius 2 is 1.96 bits per heavy atom. The predicted molar refractivity (Wildman–Crippen MR) is 110 cm³/mol. The van der Waals surface area contributed by atoms with E-state index in [2.05, 4.69) is 15.6 Å². The van der Waals surface area contributed by atoms with Crippen LogP contribution in [0.1, 0.15) is 24.2 Å². The molecule has 1 aromatic heterocycles. The quantitative estimate of drug-likeness (QED) is 0.477. The number of amides is 1. The molecule has 0 saturated carbocycles. The van der Waals surface area contributed by atoms with Crippen molar-refractivity contribution in [1.82, 2.24) is 4.98 Å². The third kappa shape index (κ3) is 4.23. The van der Waals surface area contributed by atoms with Crippen LogP contribution >= 0.6 is 23.1 Å². The summed E-state index contributed by atoms with van der Waals surface area (Å²) in [5, 5.41) is 6.05. The number of nitrogens with one attached hydrogen (secondary N) is 2. The second-order valence-corrected chi connectivity index (χ2v) is 7.94. The van der Waals surface area contributed by atoms with Gasteiger partial charge >= 0.3 is 0 Å². The summed E-state index contributed by atoms with van der Waals surface area (Å²) in [5.74, 6) is -0.199. The zero-order valence-electron chi connectivity index (χ0n) is 14.7. The van der Waals surface area contributed by atoms with Crippen LogP contribution in [0.5, 0.6) is 0 Å². The van der Waals surface area contributed by atoms with E-state index in [1.54, 1.807) is 54.3 Å². The number of hydrogen-bond donors (Lipinski definition) is 2. The van der Waals surface area contributed by atoms with Crippen molar-refractivity contribution < 1.29 is 9.59 Å². The molecule has 1 heterocycles. The number of rotatable bonds is 6. The van der Waals surface area contributed by atoms with Gasteiger partial charge in [0.1, 0.15) is 6.04 Å². The van der Waals surface area contributed by atoms with Crippen molar-refractivity contribution >= 4 is 56.4 Å². The molecule has 0 fully saturated rings. The molecule has 0 unspecified atom stereocenters. The molecule has 5 nitrogen and oxygen atoms in total. The van der Waals surface area contributed by atoms with Crippen molar-refractivity contribution in [2.75, 3.05) is 16.9 Å². The summed E-state index contributed by atoms with van der Waals surface area (Å²) in [6, 6.07) is 12.4. The van der Waals surface area contributed by atoms with Crippen molar-refractivity contribution in [1.29, 1.82) is 0 Å². The lowest BCUT2D eigenvalue weighted by atomic mass is 10.1. The highest BCUT2D eigenvalue weighted by Gasteiger charge is 2.14. The second-order valence-electron chi connectivity index (χ2n) is 5.86. The lowest BCUT2D eigenvalue weighted by Crippen LogP contribution is -2.31. The van der Waals surface area contributed by atoms with E-state index in [4.69, 9.17) is 0 Å². The van der Waals surface area contributed by atoms with Gasteiger partial charge in [-0.1, -0.05) is 23.9 Å². The first-order valence-electron chi connectivity index (χ1n) is 8.09. The van der Waals surface area contributed by atoms with E-state index < -0.39 is 6.04 Å². The number of aromatic nitrogens is 1. The molecule has 3 aromatic rings. The van der Waals surface area contributed by atoms with Gasteiger partial charge in [0, 0.05) is 16.9 Å². The number of thioether (sulfide) groups is 1. The molecule has 0 spiro atoms. The Kier molecular flexibility index (Phi) is 5.58. The zero-order valence-corrected chi connectivity index (χ0v) is 16.3. The fourth-order valence-electron chi connectivity index (χ4n) is 2.46. The van der Waals surface area contributed by atoms with E-state index >= 15 is 0 Å². The molecule has 0 saturated heterocycles. The van der Waals surface area contributed by atoms with E-state index in [0.717, 1.165) is 20.2 Å². The summed E-state index contributed by atoms with van der Waals surface area (Å²) in [6.07, 6.45) is 2.00. The van der Waals surface area contributed by atoms with Crippen LogP contribution in [0.25, 0.3) is 10.2 Å². The lowest BCUT2D eigenvalue weighted by Gasteiger charge is -2.15. The van der Waals surface area contributed by atoms with Crippen molar-refractivity contribution in [2.45, 2.75) is 24.2 Å². The number of nitrogens with zero attached hydrogens (tertiary/aromatic N) is 1. The average Bonchev–Trinajstić information content (AvgIpc) is 3.04. The van der Waals surface area contributed by atoms with Crippen LogP contribution in [-0.2, 0) is 4.79 Å². The van der Waals surface area contributed by atoms with E-state index in [0.29, 0.717) is 11.3 Å². The van der Waals surface area contributed by atoms with Crippen molar-refractivity contribution in [3.05, 3.63) is 48.0 Å². The largest absolute Gasteiger partial charge is 0.374 e. The summed E-state index contributed by atoms with van der Waals surface area (Å²) in [7, 11) is 0. The van der Waals surface area contributed by atoms with Gasteiger partial charge in [0.15, 0.2) is 10.1 Å². The molecule has 3 rings (SSSR count). The number of hydrogen-bond acceptors (Lipinski definition) is 6. The number of Topliss-reactive ketones (excluding diaryl/α,β-unsaturated/α-hetero) is 1. The highest BCUT2D eigenvalue weighted by molar-refractivity contribution is 8.00. The van der Waals surface area contributed by atoms with Crippen LogP contribution in [0, 0.1) is 0 Å². The lowest BCUT2D eigenvalue weighted by molar-refractivity contribution is -0.116. The Morgan fingerprint density at radius 3 is 2.69 bits per heavy atom. The molecule has 0 bridgehead atoms. The van der Waals surface area contributed by atoms with Gasteiger partial charge in [0.05, 0.1) is 10.2 Å². The van der Waals surface area contributed by atoms with E-state index in [1.165, 1.54) is 6.92 Å². The molecule has 2 N–H and O–H groups in total. The van der Waals surface area contributed by atoms with Gasteiger partial charge in [-0.15, -0.1) is 11.3 Å². The van der Waals surface area contributed by atoms with Crippen LogP contribution in [0.4, 0.5) is 11.4 Å². The van der Waals surface area contributed by atoms with Gasteiger partial charge in [-0.2, -0.15) is 0 Å². The van der Waals surface area contributed by atoms with E-state index in [1.807, 2.05) is 24.5 Å². The predicted octanol–water partition coefficient (Wildman–Crippen LogP) is 4.66. The Labute approximate surface area is 160 Å². The van der Waals surface area contributed by atoms with Crippen LogP contribution in [-0.4, -0.2) is 29.0 Å². The Morgan fingerprint density at radius 1 is 1.15 bits per heavy atom. The number of benzene rings is 2. The number of anilines is 2. The van der Waals surface area contributed by atoms with Crippen LogP contribution in [0.2, 0.25) is 0 Å². The topological polar surface area (TPSA) is 71.1 Å². The average molecular weight is 386 g/mol. The minimum Gasteiger partial charge on any atom is -0.374 e. The minimum atomic E-state index is -0.429. The Bertz CT molecular complexity index is 968. The summed E-state index contributed by atoms with van der Waals surface area (Å²) < 4.78 is 2.11. The molecule has 2 aromatic carbocycles. The highest BCUT2D eigenvalue weighted by Crippen LogP contribution is 2.30. The first-order chi connectivity index (χ1) is 12.5. The molecule has 0 aliphatic rings. The standard InChI is InChI=1S/C19H19N3O2S2/c1-11(18(24)21-14-6-4-5-13(9-14)12(2)23)20-15-7-8-16-17(10-15)26-19(22-16)25-3/h4-11,20H,1-3H3,(H,21,24)/t11-/m0/s1. The minimum absolute atomic E-state index is 0.0326. The molecular formula is C19H19N3O2S2. The maximum absolute atomic E-state index is 12.4. The van der Waals surface area contributed by atoms with Crippen LogP contribution in [0.3, 0.4) is 0 Å². The third-order valence-electron chi connectivity index (χ3n) is 3.86. The van der Waals surface area contributed by atoms with Crippen LogP contribution < -0.4 is 10.6 Å². The van der Waals surface area contributed by atoms with Gasteiger partial charge < -0.3 is 10.6 Å². The molecular weight excluding hydrogens is 366 g/mol. The van der Waals surface area contributed by atoms with E-state index in [9.17, 15) is 9.59 Å². The highest BCUT2D eigenvalue weighted by atomic mass is 32.2. The van der Waals surface area contributed by atoms with Crippen molar-refractivity contribution in [3.8, 4) is 0 Å². The molecule has 26 heavy (non-hydrogen) atoms. The normalized spacial score (nSPS) is 12.0. The fraction of sp³-hybridized carbons (Fsp3) is 0.211. The maximum atomic E-state index is 12.4. The molecule has 7 heteroatoms. The number of carbonyl (C=O) groups excluding carboxylic acids is 2. The third-order valence-corrected chi connectivity index (χ3v) is 5.86. The van der Waals surface area contributed by atoms with Gasteiger partial charge in [-0.25, -0.2) is 4.98 Å². The van der Waals surface area contributed by atoms with Crippen LogP contribution in [0.15, 0.2) is 46.8 Å². The molecule has 1 atom stereocenters. The smallest absolute Gasteiger partial charge is 0.246 e. The van der Waals surface area contributed by atoms with Gasteiger partial charge in [0.25, 0.3) is 0 Å². The zero-order chi connectivity index (χ0) is 18.7. The van der Waals surface area contributed by atoms with Gasteiger partial charge in [-0.05, 0) is 50.4 Å². The summed E-state index contributed by atoms with van der Waals surface area (Å²) in [6.45, 7) is 3.30. The van der Waals surface area contributed by atoms with Crippen molar-refractivity contribution in [3.63, 3.8) is 0 Å². The summed E-state index contributed by atoms with van der Waals surface area (Å²) >= 11 is 3.26. The molecule has 0 aliphatic carbocycles. The van der Waals surface area contributed by atoms with Gasteiger partial charge in [-0.3, -0.25) is 9.59 Å². The molecule has 0 aliphatic heterocycles. The summed E-state index contributed by atoms with van der Waals surface area (Å²) in [5.41, 5.74) is 3.01. The Balaban J connectivity index is 1.69. The Hall–Kier alpha value is -2.38. The monoisotopic (exact) mass is 385 g/mol. The fourth-order valence-corrected chi connectivity index (χ4v) is 3.99. The number of fused-ring (bicyclic) bond motifs is 1. The second kappa shape index (κ2) is 7.88. The SMILES string of the molecule is CSc1nc2ccc(N[C@@H](C)C(=O)Nc3cccc(C(C)=O)c3)cc2s1. The first kappa shape index (κ1) is 18.4. The number of carbonyl (C=O) groups is 2. The molecule has 134 valence electrons. The summed E-state index contributed by atoms with van der Waals surface area (Å²) in [4.78, 5) is 28.4.